The molecule has 0 atom stereocenters. The number of amides is 1. The fraction of sp³-hybridized carbons (Fsp3) is 0.385. The van der Waals surface area contributed by atoms with Gasteiger partial charge in [0, 0.05) is 18.2 Å². The van der Waals surface area contributed by atoms with Crippen molar-refractivity contribution in [3.8, 4) is 23.3 Å². The van der Waals surface area contributed by atoms with Gasteiger partial charge in [-0.05, 0) is 13.1 Å². The highest BCUT2D eigenvalue weighted by molar-refractivity contribution is 5.77. The van der Waals surface area contributed by atoms with Crippen LogP contribution in [0, 0.1) is 11.3 Å². The topological polar surface area (TPSA) is 92.6 Å². The van der Waals surface area contributed by atoms with E-state index in [1.165, 1.54) is 0 Å². The molecule has 0 fully saturated rings. The molecule has 20 heavy (non-hydrogen) atoms. The fourth-order valence-electron chi connectivity index (χ4n) is 1.76. The Kier molecular flexibility index (Phi) is 4.63. The summed E-state index contributed by atoms with van der Waals surface area (Å²) in [7, 11) is 1.81. The van der Waals surface area contributed by atoms with E-state index in [-0.39, 0.29) is 25.9 Å². The van der Waals surface area contributed by atoms with E-state index in [0.29, 0.717) is 23.8 Å². The molecule has 0 bridgehead atoms. The molecule has 1 aromatic carbocycles. The molecule has 1 aliphatic heterocycles. The molecule has 2 N–H and O–H groups in total. The highest BCUT2D eigenvalue weighted by atomic mass is 16.7. The van der Waals surface area contributed by atoms with Gasteiger partial charge in [0.2, 0.25) is 6.79 Å². The number of hydrogen-bond acceptors (Lipinski definition) is 6. The summed E-state index contributed by atoms with van der Waals surface area (Å²) in [6, 6.07) is 5.35. The van der Waals surface area contributed by atoms with E-state index in [4.69, 9.17) is 19.5 Å². The minimum Gasteiger partial charge on any atom is -0.483 e. The van der Waals surface area contributed by atoms with Crippen LogP contribution in [0.25, 0.3) is 0 Å². The molecule has 0 aromatic heterocycles. The van der Waals surface area contributed by atoms with Crippen LogP contribution in [0.3, 0.4) is 0 Å². The monoisotopic (exact) mass is 277 g/mol. The van der Waals surface area contributed by atoms with Gasteiger partial charge < -0.3 is 24.8 Å². The van der Waals surface area contributed by atoms with E-state index in [0.717, 1.165) is 5.56 Å². The van der Waals surface area contributed by atoms with E-state index >= 15 is 0 Å². The van der Waals surface area contributed by atoms with Crippen molar-refractivity contribution >= 4 is 5.91 Å². The number of nitrogens with zero attached hydrogens (tertiary/aromatic N) is 1. The Morgan fingerprint density at radius 2 is 2.20 bits per heavy atom. The van der Waals surface area contributed by atoms with Crippen LogP contribution in [-0.4, -0.2) is 32.9 Å². The third kappa shape index (κ3) is 3.30. The highest BCUT2D eigenvalue weighted by Gasteiger charge is 2.18. The average Bonchev–Trinajstić information content (AvgIpc) is 2.90. The standard InChI is InChI=1S/C13H15N3O4/c1-15-6-9-4-11-12(20-8-19-11)5-10(9)18-7-13(17)16-3-2-14/h4-5,15H,3,6-8H2,1H3,(H,16,17). The van der Waals surface area contributed by atoms with Crippen LogP contribution in [0.4, 0.5) is 0 Å². The minimum absolute atomic E-state index is 0.0350. The van der Waals surface area contributed by atoms with Crippen molar-refractivity contribution in [2.24, 2.45) is 0 Å². The van der Waals surface area contributed by atoms with Crippen molar-refractivity contribution < 1.29 is 19.0 Å². The highest BCUT2D eigenvalue weighted by Crippen LogP contribution is 2.38. The maximum Gasteiger partial charge on any atom is 0.258 e. The molecule has 0 saturated carbocycles. The molecule has 1 amide bonds. The summed E-state index contributed by atoms with van der Waals surface area (Å²) < 4.78 is 16.1. The Morgan fingerprint density at radius 3 is 2.90 bits per heavy atom. The molecule has 7 nitrogen and oxygen atoms in total. The van der Waals surface area contributed by atoms with Crippen molar-refractivity contribution in [3.05, 3.63) is 17.7 Å². The molecule has 0 radical (unpaired) electrons. The number of fused-ring (bicyclic) bond motifs is 1. The number of nitrogens with one attached hydrogen (secondary N) is 2. The van der Waals surface area contributed by atoms with Crippen LogP contribution in [0.5, 0.6) is 17.2 Å². The molecule has 0 saturated heterocycles. The number of carbonyl (C=O) groups is 1. The van der Waals surface area contributed by atoms with Crippen molar-refractivity contribution in [3.63, 3.8) is 0 Å². The summed E-state index contributed by atoms with van der Waals surface area (Å²) in [6.45, 7) is 0.566. The van der Waals surface area contributed by atoms with Gasteiger partial charge in [-0.2, -0.15) is 5.26 Å². The Hall–Kier alpha value is -2.46. The predicted octanol–water partition coefficient (Wildman–Crippen LogP) is 0.153. The number of ether oxygens (including phenoxy) is 3. The lowest BCUT2D eigenvalue weighted by Crippen LogP contribution is -2.29. The second kappa shape index (κ2) is 6.63. The molecule has 1 heterocycles. The molecule has 2 rings (SSSR count). The van der Waals surface area contributed by atoms with Crippen LogP contribution in [-0.2, 0) is 11.3 Å². The molecule has 0 unspecified atom stereocenters. The van der Waals surface area contributed by atoms with Crippen LogP contribution in [0.15, 0.2) is 12.1 Å². The van der Waals surface area contributed by atoms with Crippen molar-refractivity contribution in [1.29, 1.82) is 5.26 Å². The van der Waals surface area contributed by atoms with Gasteiger partial charge in [0.05, 0.1) is 6.07 Å². The van der Waals surface area contributed by atoms with Gasteiger partial charge in [0.1, 0.15) is 12.3 Å². The molecule has 7 heteroatoms. The molecule has 1 aromatic rings. The zero-order chi connectivity index (χ0) is 14.4. The molecule has 1 aliphatic rings. The molecule has 0 spiro atoms. The fourth-order valence-corrected chi connectivity index (χ4v) is 1.76. The smallest absolute Gasteiger partial charge is 0.258 e. The summed E-state index contributed by atoms with van der Waals surface area (Å²) in [4.78, 5) is 11.4. The zero-order valence-corrected chi connectivity index (χ0v) is 11.1. The molecule has 106 valence electrons. The summed E-state index contributed by atoms with van der Waals surface area (Å²) in [5.41, 5.74) is 0.866. The van der Waals surface area contributed by atoms with Crippen LogP contribution in [0.1, 0.15) is 5.56 Å². The Morgan fingerprint density at radius 1 is 1.45 bits per heavy atom. The lowest BCUT2D eigenvalue weighted by Gasteiger charge is -2.12. The van der Waals surface area contributed by atoms with Gasteiger partial charge in [-0.25, -0.2) is 0 Å². The first-order valence-electron chi connectivity index (χ1n) is 6.08. The molecular weight excluding hydrogens is 262 g/mol. The number of hydrogen-bond donors (Lipinski definition) is 2. The van der Waals surface area contributed by atoms with Crippen molar-refractivity contribution in [2.75, 3.05) is 27.0 Å². The van der Waals surface area contributed by atoms with Crippen LogP contribution < -0.4 is 24.8 Å². The average molecular weight is 277 g/mol. The lowest BCUT2D eigenvalue weighted by atomic mass is 10.1. The first-order valence-corrected chi connectivity index (χ1v) is 6.08. The van der Waals surface area contributed by atoms with Gasteiger partial charge >= 0.3 is 0 Å². The van der Waals surface area contributed by atoms with E-state index in [9.17, 15) is 4.79 Å². The van der Waals surface area contributed by atoms with E-state index < -0.39 is 0 Å². The second-order valence-electron chi connectivity index (χ2n) is 4.07. The maximum atomic E-state index is 11.4. The van der Waals surface area contributed by atoms with Gasteiger partial charge in [0.15, 0.2) is 18.1 Å². The Labute approximate surface area is 116 Å². The minimum atomic E-state index is -0.348. The number of nitriles is 1. The van der Waals surface area contributed by atoms with Gasteiger partial charge in [-0.1, -0.05) is 0 Å². The summed E-state index contributed by atoms with van der Waals surface area (Å²) in [6.07, 6.45) is 0. The third-order valence-electron chi connectivity index (χ3n) is 2.65. The first kappa shape index (κ1) is 14.0. The van der Waals surface area contributed by atoms with Crippen LogP contribution >= 0.6 is 0 Å². The van der Waals surface area contributed by atoms with Gasteiger partial charge in [-0.3, -0.25) is 4.79 Å². The normalized spacial score (nSPS) is 11.8. The maximum absolute atomic E-state index is 11.4. The lowest BCUT2D eigenvalue weighted by molar-refractivity contribution is -0.122. The Balaban J connectivity index is 2.06. The Bertz CT molecular complexity index is 539. The largest absolute Gasteiger partial charge is 0.483 e. The summed E-state index contributed by atoms with van der Waals surface area (Å²) >= 11 is 0. The third-order valence-corrected chi connectivity index (χ3v) is 2.65. The van der Waals surface area contributed by atoms with E-state index in [1.807, 2.05) is 19.2 Å². The van der Waals surface area contributed by atoms with Crippen LogP contribution in [0.2, 0.25) is 0 Å². The quantitative estimate of drug-likeness (QED) is 0.719. The number of rotatable bonds is 6. The van der Waals surface area contributed by atoms with Crippen molar-refractivity contribution in [1.82, 2.24) is 10.6 Å². The number of benzene rings is 1. The van der Waals surface area contributed by atoms with E-state index in [1.54, 1.807) is 6.07 Å². The van der Waals surface area contributed by atoms with E-state index in [2.05, 4.69) is 10.6 Å². The molecule has 0 aliphatic carbocycles. The number of carbonyl (C=O) groups excluding carboxylic acids is 1. The second-order valence-corrected chi connectivity index (χ2v) is 4.07. The SMILES string of the molecule is CNCc1cc2c(cc1OCC(=O)NCC#N)OCO2. The first-order chi connectivity index (χ1) is 9.74. The predicted molar refractivity (Wildman–Crippen MR) is 69.4 cm³/mol. The zero-order valence-electron chi connectivity index (χ0n) is 11.1. The summed E-state index contributed by atoms with van der Waals surface area (Å²) in [5.74, 6) is 1.46. The van der Waals surface area contributed by atoms with Gasteiger partial charge in [0.25, 0.3) is 5.91 Å². The summed E-state index contributed by atoms with van der Waals surface area (Å²) in [5, 5.41) is 13.8. The van der Waals surface area contributed by atoms with Crippen molar-refractivity contribution in [2.45, 2.75) is 6.54 Å². The van der Waals surface area contributed by atoms with Gasteiger partial charge in [-0.15, -0.1) is 0 Å². The molecular formula is C13H15N3O4.